The maximum Gasteiger partial charge on any atom is 0.230 e. The zero-order valence-corrected chi connectivity index (χ0v) is 14.3. The highest BCUT2D eigenvalue weighted by atomic mass is 32.1. The molecule has 2 aromatic rings. The van der Waals surface area contributed by atoms with E-state index < -0.39 is 5.41 Å². The Balaban J connectivity index is 1.42. The monoisotopic (exact) mass is 343 g/mol. The van der Waals surface area contributed by atoms with Gasteiger partial charge in [0.2, 0.25) is 5.91 Å². The summed E-state index contributed by atoms with van der Waals surface area (Å²) in [5, 5.41) is 7.36. The highest BCUT2D eigenvalue weighted by molar-refractivity contribution is 7.07. The summed E-state index contributed by atoms with van der Waals surface area (Å²) in [4.78, 5) is 19.6. The van der Waals surface area contributed by atoms with Crippen molar-refractivity contribution in [3.8, 4) is 0 Å². The zero-order valence-electron chi connectivity index (χ0n) is 13.5. The second kappa shape index (κ2) is 6.63. The molecule has 2 saturated heterocycles. The Labute approximate surface area is 145 Å². The minimum Gasteiger partial charge on any atom is -0.380 e. The molecule has 0 saturated carbocycles. The molecular weight excluding hydrogens is 322 g/mol. The molecule has 2 aliphatic heterocycles. The third-order valence-electron chi connectivity index (χ3n) is 5.04. The summed E-state index contributed by atoms with van der Waals surface area (Å²) in [6, 6.07) is 7.90. The zero-order chi connectivity index (χ0) is 16.4. The van der Waals surface area contributed by atoms with E-state index in [1.165, 1.54) is 5.56 Å². The van der Waals surface area contributed by atoms with Crippen LogP contribution in [0.4, 0.5) is 0 Å². The van der Waals surface area contributed by atoms with E-state index in [4.69, 9.17) is 4.74 Å². The molecule has 4 rings (SSSR count). The van der Waals surface area contributed by atoms with Gasteiger partial charge in [0.15, 0.2) is 0 Å². The Hall–Kier alpha value is -1.76. The molecule has 1 amide bonds. The molecule has 2 aliphatic rings. The average Bonchev–Trinajstić information content (AvgIpc) is 3.30. The molecule has 126 valence electrons. The van der Waals surface area contributed by atoms with Gasteiger partial charge >= 0.3 is 0 Å². The number of fused-ring (bicyclic) bond motifs is 1. The van der Waals surface area contributed by atoms with Gasteiger partial charge in [0.25, 0.3) is 0 Å². The number of nitrogens with zero attached hydrogens (tertiary/aromatic N) is 2. The van der Waals surface area contributed by atoms with Crippen LogP contribution in [0, 0.1) is 11.3 Å². The number of carbonyl (C=O) groups is 1. The van der Waals surface area contributed by atoms with Crippen LogP contribution in [0.3, 0.4) is 0 Å². The molecule has 6 heteroatoms. The van der Waals surface area contributed by atoms with Crippen LogP contribution >= 0.6 is 11.3 Å². The van der Waals surface area contributed by atoms with E-state index in [1.54, 1.807) is 17.5 Å². The summed E-state index contributed by atoms with van der Waals surface area (Å²) in [6.45, 7) is 4.27. The lowest BCUT2D eigenvalue weighted by molar-refractivity contribution is -0.131. The maximum absolute atomic E-state index is 12.9. The van der Waals surface area contributed by atoms with Crippen molar-refractivity contribution in [1.82, 2.24) is 15.2 Å². The third kappa shape index (κ3) is 2.97. The van der Waals surface area contributed by atoms with E-state index >= 15 is 0 Å². The van der Waals surface area contributed by atoms with Gasteiger partial charge in [-0.3, -0.25) is 14.7 Å². The van der Waals surface area contributed by atoms with Crippen LogP contribution in [0.2, 0.25) is 0 Å². The van der Waals surface area contributed by atoms with Gasteiger partial charge in [-0.15, -0.1) is 0 Å². The normalized spacial score (nSPS) is 26.4. The van der Waals surface area contributed by atoms with Crippen molar-refractivity contribution >= 4 is 17.2 Å². The van der Waals surface area contributed by atoms with Gasteiger partial charge in [-0.25, -0.2) is 0 Å². The standard InChI is InChI=1S/C18H21N3O2S/c22-17(20-7-16-3-1-2-5-19-16)18-12-21(8-14-4-6-24-11-14)9-15(18)10-23-13-18/h1-6,11,15H,7-10,12-13H2,(H,20,22)/t15-,18-/m1/s1. The predicted molar refractivity (Wildman–Crippen MR) is 92.4 cm³/mol. The largest absolute Gasteiger partial charge is 0.380 e. The first-order valence-corrected chi connectivity index (χ1v) is 9.20. The van der Waals surface area contributed by atoms with Crippen molar-refractivity contribution in [2.24, 2.45) is 11.3 Å². The first-order chi connectivity index (χ1) is 11.8. The fraction of sp³-hybridized carbons (Fsp3) is 0.444. The second-order valence-electron chi connectivity index (χ2n) is 6.67. The van der Waals surface area contributed by atoms with Crippen LogP contribution in [-0.4, -0.2) is 42.1 Å². The van der Waals surface area contributed by atoms with Crippen molar-refractivity contribution in [3.05, 3.63) is 52.5 Å². The second-order valence-corrected chi connectivity index (χ2v) is 7.45. The van der Waals surface area contributed by atoms with Crippen LogP contribution in [0.15, 0.2) is 41.2 Å². The number of ether oxygens (including phenoxy) is 1. The number of hydrogen-bond acceptors (Lipinski definition) is 5. The highest BCUT2D eigenvalue weighted by Gasteiger charge is 2.55. The molecule has 0 aromatic carbocycles. The topological polar surface area (TPSA) is 54.5 Å². The molecule has 24 heavy (non-hydrogen) atoms. The fourth-order valence-corrected chi connectivity index (χ4v) is 4.43. The quantitative estimate of drug-likeness (QED) is 0.901. The van der Waals surface area contributed by atoms with Gasteiger partial charge in [0, 0.05) is 31.7 Å². The molecule has 2 aromatic heterocycles. The molecule has 2 atom stereocenters. The molecule has 2 fully saturated rings. The lowest BCUT2D eigenvalue weighted by Crippen LogP contribution is -2.46. The molecule has 5 nitrogen and oxygen atoms in total. The maximum atomic E-state index is 12.9. The Morgan fingerprint density at radius 2 is 2.42 bits per heavy atom. The molecule has 1 N–H and O–H groups in total. The Kier molecular flexibility index (Phi) is 4.35. The molecule has 0 aliphatic carbocycles. The predicted octanol–water partition coefficient (Wildman–Crippen LogP) is 1.91. The molecule has 0 unspecified atom stereocenters. The number of nitrogens with one attached hydrogen (secondary N) is 1. The van der Waals surface area contributed by atoms with E-state index in [0.717, 1.165) is 25.3 Å². The van der Waals surface area contributed by atoms with E-state index in [-0.39, 0.29) is 11.8 Å². The van der Waals surface area contributed by atoms with Crippen molar-refractivity contribution < 1.29 is 9.53 Å². The SMILES string of the molecule is O=C(NCc1ccccn1)[C@]12COC[C@H]1CN(Cc1ccsc1)C2. The van der Waals surface area contributed by atoms with Gasteiger partial charge in [0.1, 0.15) is 0 Å². The minimum absolute atomic E-state index is 0.100. The molecule has 4 heterocycles. The van der Waals surface area contributed by atoms with Gasteiger partial charge in [-0.05, 0) is 34.5 Å². The molecular formula is C18H21N3O2S. The number of carbonyl (C=O) groups excluding carboxylic acids is 1. The Bertz CT molecular complexity index is 692. The number of likely N-dealkylation sites (tertiary alicyclic amines) is 1. The lowest BCUT2D eigenvalue weighted by Gasteiger charge is -2.26. The fourth-order valence-electron chi connectivity index (χ4n) is 3.77. The highest BCUT2D eigenvalue weighted by Crippen LogP contribution is 2.42. The van der Waals surface area contributed by atoms with Crippen LogP contribution in [-0.2, 0) is 22.6 Å². The van der Waals surface area contributed by atoms with E-state index in [9.17, 15) is 4.79 Å². The van der Waals surface area contributed by atoms with Crippen LogP contribution in [0.25, 0.3) is 0 Å². The smallest absolute Gasteiger partial charge is 0.230 e. The summed E-state index contributed by atoms with van der Waals surface area (Å²) in [7, 11) is 0. The Morgan fingerprint density at radius 3 is 3.21 bits per heavy atom. The summed E-state index contributed by atoms with van der Waals surface area (Å²) >= 11 is 1.72. The Morgan fingerprint density at radius 1 is 1.46 bits per heavy atom. The number of rotatable bonds is 5. The first-order valence-electron chi connectivity index (χ1n) is 8.26. The van der Waals surface area contributed by atoms with E-state index in [0.29, 0.717) is 19.8 Å². The molecule has 0 radical (unpaired) electrons. The third-order valence-corrected chi connectivity index (χ3v) is 5.77. The minimum atomic E-state index is -0.412. The summed E-state index contributed by atoms with van der Waals surface area (Å²) in [6.07, 6.45) is 1.75. The van der Waals surface area contributed by atoms with Gasteiger partial charge in [-0.1, -0.05) is 6.07 Å². The molecule has 0 spiro atoms. The average molecular weight is 343 g/mol. The number of amides is 1. The first kappa shape index (κ1) is 15.7. The summed E-state index contributed by atoms with van der Waals surface area (Å²) in [5.41, 5.74) is 1.79. The van der Waals surface area contributed by atoms with E-state index in [1.807, 2.05) is 18.2 Å². The number of thiophene rings is 1. The number of pyridine rings is 1. The van der Waals surface area contributed by atoms with Gasteiger partial charge < -0.3 is 10.1 Å². The van der Waals surface area contributed by atoms with E-state index in [2.05, 4.69) is 32.0 Å². The molecule has 0 bridgehead atoms. The lowest BCUT2D eigenvalue weighted by atomic mass is 9.80. The summed E-state index contributed by atoms with van der Waals surface area (Å²) in [5.74, 6) is 0.378. The number of aromatic nitrogens is 1. The van der Waals surface area contributed by atoms with Crippen molar-refractivity contribution in [1.29, 1.82) is 0 Å². The van der Waals surface area contributed by atoms with Crippen LogP contribution in [0.5, 0.6) is 0 Å². The van der Waals surface area contributed by atoms with Gasteiger partial charge in [0.05, 0.1) is 30.9 Å². The van der Waals surface area contributed by atoms with Gasteiger partial charge in [-0.2, -0.15) is 11.3 Å². The van der Waals surface area contributed by atoms with Crippen LogP contribution < -0.4 is 5.32 Å². The van der Waals surface area contributed by atoms with Crippen molar-refractivity contribution in [2.45, 2.75) is 13.1 Å². The summed E-state index contributed by atoms with van der Waals surface area (Å²) < 4.78 is 5.67. The number of hydrogen-bond donors (Lipinski definition) is 1. The van der Waals surface area contributed by atoms with Crippen molar-refractivity contribution in [2.75, 3.05) is 26.3 Å². The van der Waals surface area contributed by atoms with Crippen molar-refractivity contribution in [3.63, 3.8) is 0 Å². The van der Waals surface area contributed by atoms with Crippen LogP contribution in [0.1, 0.15) is 11.3 Å².